The number of aromatic nitrogens is 1. The van der Waals surface area contributed by atoms with Gasteiger partial charge in [-0.05, 0) is 24.0 Å². The van der Waals surface area contributed by atoms with E-state index in [1.54, 1.807) is 17.8 Å². The van der Waals surface area contributed by atoms with Crippen LogP contribution in [0.2, 0.25) is 0 Å². The lowest BCUT2D eigenvalue weighted by atomic mass is 10.0. The molecule has 2 N–H and O–H groups in total. The van der Waals surface area contributed by atoms with E-state index < -0.39 is 12.0 Å². The number of amides is 1. The predicted octanol–water partition coefficient (Wildman–Crippen LogP) is 2.27. The Bertz CT molecular complexity index is 626. The Balaban J connectivity index is 2.07. The number of thioether (sulfide) groups is 1. The van der Waals surface area contributed by atoms with Crippen LogP contribution in [-0.2, 0) is 16.0 Å². The number of nitrogens with zero attached hydrogens (tertiary/aromatic N) is 1. The predicted molar refractivity (Wildman–Crippen MR) is 81.6 cm³/mol. The number of rotatable bonds is 7. The minimum Gasteiger partial charge on any atom is -0.481 e. The second-order valence-electron chi connectivity index (χ2n) is 4.66. The molecule has 1 amide bonds. The summed E-state index contributed by atoms with van der Waals surface area (Å²) in [7, 11) is 0. The number of benzene rings is 1. The Morgan fingerprint density at radius 1 is 1.32 bits per heavy atom. The van der Waals surface area contributed by atoms with E-state index in [2.05, 4.69) is 15.0 Å². The maximum atomic E-state index is 12.0. The van der Waals surface area contributed by atoms with E-state index in [4.69, 9.17) is 5.11 Å². The van der Waals surface area contributed by atoms with Crippen LogP contribution in [0.1, 0.15) is 23.7 Å². The SMILES string of the molecule is CSc1ccc(C(CC(=O)O)NC(=O)Cc2ccon2)cc1. The molecule has 0 aliphatic carbocycles. The van der Waals surface area contributed by atoms with E-state index >= 15 is 0 Å². The van der Waals surface area contributed by atoms with Crippen LogP contribution >= 0.6 is 11.8 Å². The van der Waals surface area contributed by atoms with Crippen LogP contribution in [0.3, 0.4) is 0 Å². The Kier molecular flexibility index (Phi) is 5.60. The summed E-state index contributed by atoms with van der Waals surface area (Å²) in [5.74, 6) is -1.27. The number of hydrogen-bond acceptors (Lipinski definition) is 5. The number of carboxylic acids is 1. The largest absolute Gasteiger partial charge is 0.481 e. The quantitative estimate of drug-likeness (QED) is 0.760. The average Bonchev–Trinajstić information content (AvgIpc) is 2.99. The first-order chi connectivity index (χ1) is 10.6. The second kappa shape index (κ2) is 7.65. The molecule has 0 radical (unpaired) electrons. The number of hydrogen-bond donors (Lipinski definition) is 2. The summed E-state index contributed by atoms with van der Waals surface area (Å²) in [6.07, 6.45) is 3.22. The molecule has 7 heteroatoms. The van der Waals surface area contributed by atoms with Gasteiger partial charge in [0.15, 0.2) is 0 Å². The first-order valence-electron chi connectivity index (χ1n) is 6.63. The lowest BCUT2D eigenvalue weighted by Crippen LogP contribution is -2.31. The fourth-order valence-corrected chi connectivity index (χ4v) is 2.41. The van der Waals surface area contributed by atoms with Crippen molar-refractivity contribution in [3.05, 3.63) is 47.9 Å². The van der Waals surface area contributed by atoms with E-state index in [9.17, 15) is 9.59 Å². The van der Waals surface area contributed by atoms with E-state index in [1.165, 1.54) is 6.26 Å². The van der Waals surface area contributed by atoms with Crippen molar-refractivity contribution in [2.24, 2.45) is 0 Å². The molecule has 0 saturated carbocycles. The number of carboxylic acid groups (broad SMARTS) is 1. The molecule has 2 aromatic rings. The molecule has 6 nitrogen and oxygen atoms in total. The summed E-state index contributed by atoms with van der Waals surface area (Å²) in [5.41, 5.74) is 1.26. The van der Waals surface area contributed by atoms with Crippen LogP contribution in [-0.4, -0.2) is 28.4 Å². The Morgan fingerprint density at radius 3 is 2.59 bits per heavy atom. The Hall–Kier alpha value is -2.28. The molecule has 22 heavy (non-hydrogen) atoms. The van der Waals surface area contributed by atoms with E-state index in [1.807, 2.05) is 30.5 Å². The van der Waals surface area contributed by atoms with E-state index in [-0.39, 0.29) is 18.7 Å². The molecule has 0 spiro atoms. The van der Waals surface area contributed by atoms with Crippen molar-refractivity contribution in [1.82, 2.24) is 10.5 Å². The fourth-order valence-electron chi connectivity index (χ4n) is 2.00. The molecule has 1 aromatic carbocycles. The van der Waals surface area contributed by atoms with Crippen LogP contribution in [0.25, 0.3) is 0 Å². The second-order valence-corrected chi connectivity index (χ2v) is 5.54. The topological polar surface area (TPSA) is 92.4 Å². The summed E-state index contributed by atoms with van der Waals surface area (Å²) < 4.78 is 4.67. The zero-order valence-electron chi connectivity index (χ0n) is 12.0. The van der Waals surface area contributed by atoms with Gasteiger partial charge >= 0.3 is 5.97 Å². The fraction of sp³-hybridized carbons (Fsp3) is 0.267. The molecular formula is C15H16N2O4S. The smallest absolute Gasteiger partial charge is 0.305 e. The number of aliphatic carboxylic acids is 1. The van der Waals surface area contributed by atoms with Crippen molar-refractivity contribution < 1.29 is 19.2 Å². The van der Waals surface area contributed by atoms with Crippen molar-refractivity contribution in [3.8, 4) is 0 Å². The van der Waals surface area contributed by atoms with Crippen molar-refractivity contribution in [2.75, 3.05) is 6.26 Å². The third kappa shape index (κ3) is 4.63. The van der Waals surface area contributed by atoms with Crippen molar-refractivity contribution in [2.45, 2.75) is 23.8 Å². The zero-order chi connectivity index (χ0) is 15.9. The highest BCUT2D eigenvalue weighted by molar-refractivity contribution is 7.98. The van der Waals surface area contributed by atoms with Gasteiger partial charge in [0.2, 0.25) is 5.91 Å². The van der Waals surface area contributed by atoms with Gasteiger partial charge in [0.25, 0.3) is 0 Å². The van der Waals surface area contributed by atoms with E-state index in [0.29, 0.717) is 5.69 Å². The molecular weight excluding hydrogens is 304 g/mol. The van der Waals surface area contributed by atoms with E-state index in [0.717, 1.165) is 10.5 Å². The van der Waals surface area contributed by atoms with Gasteiger partial charge in [0, 0.05) is 11.0 Å². The zero-order valence-corrected chi connectivity index (χ0v) is 12.8. The number of carbonyl (C=O) groups is 2. The molecule has 0 aliphatic heterocycles. The molecule has 0 aliphatic rings. The minimum absolute atomic E-state index is 0.0511. The third-order valence-electron chi connectivity index (χ3n) is 3.07. The van der Waals surface area contributed by atoms with Gasteiger partial charge in [-0.3, -0.25) is 9.59 Å². The van der Waals surface area contributed by atoms with Crippen LogP contribution in [0.15, 0.2) is 46.0 Å². The first kappa shape index (κ1) is 16.1. The highest BCUT2D eigenvalue weighted by atomic mass is 32.2. The molecule has 0 saturated heterocycles. The first-order valence-corrected chi connectivity index (χ1v) is 7.85. The molecule has 0 fully saturated rings. The highest BCUT2D eigenvalue weighted by Crippen LogP contribution is 2.21. The average molecular weight is 320 g/mol. The number of carbonyl (C=O) groups excluding carboxylic acids is 1. The molecule has 1 heterocycles. The highest BCUT2D eigenvalue weighted by Gasteiger charge is 2.18. The summed E-state index contributed by atoms with van der Waals surface area (Å²) >= 11 is 1.60. The normalized spacial score (nSPS) is 11.9. The standard InChI is InChI=1S/C15H16N2O4S/c1-22-12-4-2-10(3-5-12)13(9-15(19)20)16-14(18)8-11-6-7-21-17-11/h2-7,13H,8-9H2,1H3,(H,16,18)(H,19,20). The summed E-state index contributed by atoms with van der Waals surface area (Å²) in [5, 5.41) is 15.4. The summed E-state index contributed by atoms with van der Waals surface area (Å²) in [6.45, 7) is 0. The Labute approximate surface area is 131 Å². The van der Waals surface area contributed by atoms with Gasteiger partial charge < -0.3 is 14.9 Å². The van der Waals surface area contributed by atoms with Crippen LogP contribution < -0.4 is 5.32 Å². The van der Waals surface area contributed by atoms with Gasteiger partial charge in [-0.1, -0.05) is 17.3 Å². The maximum Gasteiger partial charge on any atom is 0.305 e. The molecule has 116 valence electrons. The maximum absolute atomic E-state index is 12.0. The van der Waals surface area contributed by atoms with Gasteiger partial charge in [-0.15, -0.1) is 11.8 Å². The molecule has 1 atom stereocenters. The molecule has 1 unspecified atom stereocenters. The van der Waals surface area contributed by atoms with Crippen molar-refractivity contribution >= 4 is 23.6 Å². The lowest BCUT2D eigenvalue weighted by Gasteiger charge is -2.17. The van der Waals surface area contributed by atoms with Crippen molar-refractivity contribution in [3.63, 3.8) is 0 Å². The summed E-state index contributed by atoms with van der Waals surface area (Å²) in [6, 6.07) is 8.48. The molecule has 0 bridgehead atoms. The number of nitrogens with one attached hydrogen (secondary N) is 1. The minimum atomic E-state index is -0.972. The summed E-state index contributed by atoms with van der Waals surface area (Å²) in [4.78, 5) is 24.1. The van der Waals surface area contributed by atoms with Gasteiger partial charge in [0.1, 0.15) is 6.26 Å². The van der Waals surface area contributed by atoms with Crippen LogP contribution in [0, 0.1) is 0 Å². The van der Waals surface area contributed by atoms with Gasteiger partial charge in [0.05, 0.1) is 24.6 Å². The third-order valence-corrected chi connectivity index (χ3v) is 3.81. The van der Waals surface area contributed by atoms with Crippen molar-refractivity contribution in [1.29, 1.82) is 0 Å². The molecule has 2 rings (SSSR count). The lowest BCUT2D eigenvalue weighted by molar-refractivity contribution is -0.137. The van der Waals surface area contributed by atoms with Gasteiger partial charge in [-0.2, -0.15) is 0 Å². The van der Waals surface area contributed by atoms with Gasteiger partial charge in [-0.25, -0.2) is 0 Å². The molecule has 1 aromatic heterocycles. The monoisotopic (exact) mass is 320 g/mol. The Morgan fingerprint density at radius 2 is 2.05 bits per heavy atom. The van der Waals surface area contributed by atoms with Crippen LogP contribution in [0.4, 0.5) is 0 Å². The van der Waals surface area contributed by atoms with Crippen LogP contribution in [0.5, 0.6) is 0 Å².